The molecule has 3 heteroatoms. The lowest BCUT2D eigenvalue weighted by molar-refractivity contribution is -0.111. The predicted molar refractivity (Wildman–Crippen MR) is 101 cm³/mol. The quantitative estimate of drug-likeness (QED) is 0.755. The van der Waals surface area contributed by atoms with Gasteiger partial charge in [-0.05, 0) is 62.1 Å². The van der Waals surface area contributed by atoms with Crippen LogP contribution in [0.15, 0.2) is 42.5 Å². The van der Waals surface area contributed by atoms with E-state index in [1.165, 1.54) is 5.56 Å². The first-order valence-electron chi connectivity index (χ1n) is 8.29. The summed E-state index contributed by atoms with van der Waals surface area (Å²) < 4.78 is 5.55. The van der Waals surface area contributed by atoms with E-state index < -0.39 is 0 Å². The summed E-state index contributed by atoms with van der Waals surface area (Å²) in [4.78, 5) is 12.2. The Balaban J connectivity index is 2.00. The zero-order chi connectivity index (χ0) is 17.5. The highest BCUT2D eigenvalue weighted by Crippen LogP contribution is 2.22. The third-order valence-corrected chi connectivity index (χ3v) is 3.71. The van der Waals surface area contributed by atoms with Crippen molar-refractivity contribution >= 4 is 17.7 Å². The Labute approximate surface area is 144 Å². The maximum absolute atomic E-state index is 12.2. The standard InChI is InChI=1S/C21H25NO2/c1-5-12-24-19-9-6-18(7-10-19)8-11-20(23)22-21-16(3)13-15(2)14-17(21)4/h6-11,13-14H,5,12H2,1-4H3,(H,22,23). The third-order valence-electron chi connectivity index (χ3n) is 3.71. The Bertz CT molecular complexity index is 707. The van der Waals surface area contributed by atoms with Gasteiger partial charge in [0.15, 0.2) is 0 Å². The molecule has 0 unspecified atom stereocenters. The molecule has 0 fully saturated rings. The molecule has 3 nitrogen and oxygen atoms in total. The predicted octanol–water partition coefficient (Wildman–Crippen LogP) is 5.05. The van der Waals surface area contributed by atoms with E-state index in [1.54, 1.807) is 12.2 Å². The molecule has 0 saturated carbocycles. The van der Waals surface area contributed by atoms with Gasteiger partial charge in [0.2, 0.25) is 5.91 Å². The van der Waals surface area contributed by atoms with Gasteiger partial charge in [-0.2, -0.15) is 0 Å². The topological polar surface area (TPSA) is 38.3 Å². The number of hydrogen-bond acceptors (Lipinski definition) is 2. The molecule has 1 amide bonds. The van der Waals surface area contributed by atoms with Crippen LogP contribution in [0.25, 0.3) is 6.08 Å². The van der Waals surface area contributed by atoms with Crippen molar-refractivity contribution in [2.45, 2.75) is 34.1 Å². The summed E-state index contributed by atoms with van der Waals surface area (Å²) >= 11 is 0. The van der Waals surface area contributed by atoms with Crippen LogP contribution in [-0.2, 0) is 4.79 Å². The van der Waals surface area contributed by atoms with Crippen molar-refractivity contribution in [3.8, 4) is 5.75 Å². The molecular formula is C21H25NO2. The summed E-state index contributed by atoms with van der Waals surface area (Å²) in [5, 5.41) is 2.96. The highest BCUT2D eigenvalue weighted by Gasteiger charge is 2.06. The van der Waals surface area contributed by atoms with E-state index >= 15 is 0 Å². The van der Waals surface area contributed by atoms with Gasteiger partial charge < -0.3 is 10.1 Å². The molecule has 0 saturated heterocycles. The molecule has 0 radical (unpaired) electrons. The molecule has 0 aromatic heterocycles. The van der Waals surface area contributed by atoms with Crippen LogP contribution >= 0.6 is 0 Å². The first kappa shape index (κ1) is 17.8. The van der Waals surface area contributed by atoms with Gasteiger partial charge >= 0.3 is 0 Å². The lowest BCUT2D eigenvalue weighted by Gasteiger charge is -2.11. The summed E-state index contributed by atoms with van der Waals surface area (Å²) in [6.07, 6.45) is 4.35. The fourth-order valence-corrected chi connectivity index (χ4v) is 2.61. The van der Waals surface area contributed by atoms with E-state index in [1.807, 2.05) is 38.1 Å². The lowest BCUT2D eigenvalue weighted by atomic mass is 10.1. The number of anilines is 1. The van der Waals surface area contributed by atoms with Crippen molar-refractivity contribution in [1.29, 1.82) is 0 Å². The molecule has 0 bridgehead atoms. The van der Waals surface area contributed by atoms with Crippen LogP contribution in [0.2, 0.25) is 0 Å². The number of nitrogens with one attached hydrogen (secondary N) is 1. The van der Waals surface area contributed by atoms with Gasteiger partial charge in [-0.1, -0.05) is 36.8 Å². The van der Waals surface area contributed by atoms with Gasteiger partial charge in [-0.3, -0.25) is 4.79 Å². The number of amides is 1. The molecular weight excluding hydrogens is 298 g/mol. The second-order valence-electron chi connectivity index (χ2n) is 6.01. The number of hydrogen-bond donors (Lipinski definition) is 1. The zero-order valence-corrected chi connectivity index (χ0v) is 14.8. The van der Waals surface area contributed by atoms with Crippen molar-refractivity contribution in [3.05, 3.63) is 64.7 Å². The van der Waals surface area contributed by atoms with Crippen LogP contribution in [-0.4, -0.2) is 12.5 Å². The molecule has 2 aromatic rings. The molecule has 0 aliphatic carbocycles. The molecule has 2 rings (SSSR count). The van der Waals surface area contributed by atoms with E-state index in [0.29, 0.717) is 6.61 Å². The number of carbonyl (C=O) groups excluding carboxylic acids is 1. The second kappa shape index (κ2) is 8.34. The maximum Gasteiger partial charge on any atom is 0.248 e. The molecule has 0 atom stereocenters. The summed E-state index contributed by atoms with van der Waals surface area (Å²) in [5.74, 6) is 0.723. The number of ether oxygens (including phenoxy) is 1. The molecule has 0 aliphatic rings. The first-order chi connectivity index (χ1) is 11.5. The molecule has 1 N–H and O–H groups in total. The summed E-state index contributed by atoms with van der Waals surface area (Å²) in [6, 6.07) is 11.9. The van der Waals surface area contributed by atoms with Crippen molar-refractivity contribution in [1.82, 2.24) is 0 Å². The van der Waals surface area contributed by atoms with Gasteiger partial charge in [0.1, 0.15) is 5.75 Å². The van der Waals surface area contributed by atoms with Crippen LogP contribution in [0, 0.1) is 20.8 Å². The van der Waals surface area contributed by atoms with Gasteiger partial charge in [0.25, 0.3) is 0 Å². The SMILES string of the molecule is CCCOc1ccc(C=CC(=O)Nc2c(C)cc(C)cc2C)cc1. The van der Waals surface area contributed by atoms with Crippen molar-refractivity contribution in [2.24, 2.45) is 0 Å². The molecule has 0 spiro atoms. The fourth-order valence-electron chi connectivity index (χ4n) is 2.61. The van der Waals surface area contributed by atoms with Gasteiger partial charge in [0, 0.05) is 11.8 Å². The average Bonchev–Trinajstić information content (AvgIpc) is 2.55. The minimum atomic E-state index is -0.128. The normalized spacial score (nSPS) is 10.8. The Morgan fingerprint density at radius 1 is 1.08 bits per heavy atom. The molecule has 2 aromatic carbocycles. The third kappa shape index (κ3) is 4.98. The first-order valence-corrected chi connectivity index (χ1v) is 8.29. The summed E-state index contributed by atoms with van der Waals surface area (Å²) in [5.41, 5.74) is 5.20. The van der Waals surface area contributed by atoms with Crippen LogP contribution in [0.5, 0.6) is 5.75 Å². The van der Waals surface area contributed by atoms with Crippen molar-refractivity contribution in [2.75, 3.05) is 11.9 Å². The van der Waals surface area contributed by atoms with Crippen molar-refractivity contribution in [3.63, 3.8) is 0 Å². The highest BCUT2D eigenvalue weighted by atomic mass is 16.5. The van der Waals surface area contributed by atoms with Crippen molar-refractivity contribution < 1.29 is 9.53 Å². The minimum absolute atomic E-state index is 0.128. The fraction of sp³-hybridized carbons (Fsp3) is 0.286. The number of carbonyl (C=O) groups is 1. The smallest absolute Gasteiger partial charge is 0.248 e. The highest BCUT2D eigenvalue weighted by molar-refractivity contribution is 6.02. The minimum Gasteiger partial charge on any atom is -0.494 e. The maximum atomic E-state index is 12.2. The molecule has 24 heavy (non-hydrogen) atoms. The summed E-state index contributed by atoms with van der Waals surface area (Å²) in [6.45, 7) is 8.86. The van der Waals surface area contributed by atoms with Gasteiger partial charge in [-0.15, -0.1) is 0 Å². The Morgan fingerprint density at radius 3 is 2.29 bits per heavy atom. The average molecular weight is 323 g/mol. The number of rotatable bonds is 6. The molecule has 0 aliphatic heterocycles. The molecule has 126 valence electrons. The van der Waals surface area contributed by atoms with Gasteiger partial charge in [0.05, 0.1) is 6.61 Å². The van der Waals surface area contributed by atoms with Gasteiger partial charge in [-0.25, -0.2) is 0 Å². The lowest BCUT2D eigenvalue weighted by Crippen LogP contribution is -2.10. The second-order valence-corrected chi connectivity index (χ2v) is 6.01. The van der Waals surface area contributed by atoms with Crippen LogP contribution in [0.4, 0.5) is 5.69 Å². The van der Waals surface area contributed by atoms with E-state index in [-0.39, 0.29) is 5.91 Å². The number of benzene rings is 2. The van der Waals surface area contributed by atoms with Crippen LogP contribution in [0.3, 0.4) is 0 Å². The Morgan fingerprint density at radius 2 is 1.71 bits per heavy atom. The Hall–Kier alpha value is -2.55. The Kier molecular flexibility index (Phi) is 6.19. The number of aryl methyl sites for hydroxylation is 3. The molecule has 0 heterocycles. The van der Waals surface area contributed by atoms with Crippen LogP contribution in [0.1, 0.15) is 35.6 Å². The van der Waals surface area contributed by atoms with Crippen LogP contribution < -0.4 is 10.1 Å². The summed E-state index contributed by atoms with van der Waals surface area (Å²) in [7, 11) is 0. The van der Waals surface area contributed by atoms with E-state index in [0.717, 1.165) is 34.5 Å². The van der Waals surface area contributed by atoms with E-state index in [2.05, 4.69) is 31.3 Å². The van der Waals surface area contributed by atoms with E-state index in [4.69, 9.17) is 4.74 Å². The van der Waals surface area contributed by atoms with E-state index in [9.17, 15) is 4.79 Å². The monoisotopic (exact) mass is 323 g/mol. The largest absolute Gasteiger partial charge is 0.494 e. The zero-order valence-electron chi connectivity index (χ0n) is 14.8.